The van der Waals surface area contributed by atoms with Crippen LogP contribution in [-0.4, -0.2) is 108 Å². The van der Waals surface area contributed by atoms with Gasteiger partial charge >= 0.3 is 18.0 Å². The number of rotatable bonds is 48. The van der Waals surface area contributed by atoms with E-state index in [2.05, 4.69) is 97.8 Å². The standard InChI is InChI=1S/C57H114N6O3/c1-13-25-31-49(19-7)43-61(44-50(20-8)32-26-14-2)37-40-64-55-58-56(65-41-38-62(45-51(21-9)33-27-15-3)46-52(22-10)34-28-16-4)60-57(59-55)66-42-39-63(47-53(23-11)35-29-17-5)48-54(24-12)36-30-18-6/h49-54H,13-48H2,1-12H3. The zero-order valence-electron chi connectivity index (χ0n) is 46.3. The van der Waals surface area contributed by atoms with Crippen LogP contribution in [0.1, 0.15) is 237 Å². The molecule has 6 unspecified atom stereocenters. The van der Waals surface area contributed by atoms with E-state index in [4.69, 9.17) is 29.2 Å². The van der Waals surface area contributed by atoms with Crippen LogP contribution in [0.5, 0.6) is 18.0 Å². The molecule has 0 N–H and O–H groups in total. The lowest BCUT2D eigenvalue weighted by Crippen LogP contribution is -2.37. The van der Waals surface area contributed by atoms with Gasteiger partial charge in [0.25, 0.3) is 0 Å². The zero-order valence-corrected chi connectivity index (χ0v) is 46.3. The molecule has 0 aromatic carbocycles. The minimum atomic E-state index is 0.312. The van der Waals surface area contributed by atoms with Crippen LogP contribution in [0.4, 0.5) is 0 Å². The van der Waals surface area contributed by atoms with Crippen LogP contribution in [-0.2, 0) is 0 Å². The molecule has 1 aromatic rings. The molecule has 0 saturated heterocycles. The molecule has 0 bridgehead atoms. The fourth-order valence-electron chi connectivity index (χ4n) is 9.78. The Bertz CT molecular complexity index is 1000. The van der Waals surface area contributed by atoms with Crippen molar-refractivity contribution < 1.29 is 14.2 Å². The van der Waals surface area contributed by atoms with Crippen molar-refractivity contribution >= 4 is 0 Å². The van der Waals surface area contributed by atoms with E-state index in [-0.39, 0.29) is 0 Å². The lowest BCUT2D eigenvalue weighted by atomic mass is 9.96. The molecule has 0 radical (unpaired) electrons. The Morgan fingerprint density at radius 3 is 0.636 bits per heavy atom. The third kappa shape index (κ3) is 30.0. The summed E-state index contributed by atoms with van der Waals surface area (Å²) in [5.41, 5.74) is 0. The second-order valence-corrected chi connectivity index (χ2v) is 20.5. The van der Waals surface area contributed by atoms with Gasteiger partial charge < -0.3 is 14.2 Å². The second kappa shape index (κ2) is 42.2. The van der Waals surface area contributed by atoms with Gasteiger partial charge in [-0.1, -0.05) is 199 Å². The van der Waals surface area contributed by atoms with Crippen molar-refractivity contribution in [1.82, 2.24) is 29.7 Å². The Balaban J connectivity index is 3.43. The molecule has 0 aliphatic heterocycles. The third-order valence-corrected chi connectivity index (χ3v) is 14.8. The molecule has 0 amide bonds. The largest absolute Gasteiger partial charge is 0.462 e. The Morgan fingerprint density at radius 2 is 0.485 bits per heavy atom. The summed E-state index contributed by atoms with van der Waals surface area (Å²) in [5, 5.41) is 0. The molecule has 66 heavy (non-hydrogen) atoms. The Kier molecular flexibility index (Phi) is 39.8. The molecule has 0 aliphatic carbocycles. The van der Waals surface area contributed by atoms with E-state index >= 15 is 0 Å². The molecule has 0 saturated carbocycles. The van der Waals surface area contributed by atoms with Gasteiger partial charge in [-0.05, 0) is 74.0 Å². The van der Waals surface area contributed by atoms with Gasteiger partial charge in [0.1, 0.15) is 19.8 Å². The third-order valence-electron chi connectivity index (χ3n) is 14.8. The monoisotopic (exact) mass is 931 g/mol. The topological polar surface area (TPSA) is 76.1 Å². The van der Waals surface area contributed by atoms with Gasteiger partial charge in [0.05, 0.1) is 0 Å². The number of hydrogen-bond donors (Lipinski definition) is 0. The summed E-state index contributed by atoms with van der Waals surface area (Å²) in [6, 6.07) is 0.937. The first kappa shape index (κ1) is 62.3. The average Bonchev–Trinajstić information content (AvgIpc) is 3.33. The van der Waals surface area contributed by atoms with Crippen LogP contribution in [0, 0.1) is 35.5 Å². The van der Waals surface area contributed by atoms with Crippen molar-refractivity contribution in [2.75, 3.05) is 78.7 Å². The molecule has 1 heterocycles. The van der Waals surface area contributed by atoms with Gasteiger partial charge in [0.2, 0.25) is 0 Å². The smallest absolute Gasteiger partial charge is 0.325 e. The van der Waals surface area contributed by atoms with Gasteiger partial charge in [-0.25, -0.2) is 0 Å². The summed E-state index contributed by atoms with van der Waals surface area (Å²) in [7, 11) is 0. The highest BCUT2D eigenvalue weighted by Crippen LogP contribution is 2.23. The van der Waals surface area contributed by atoms with E-state index in [9.17, 15) is 0 Å². The van der Waals surface area contributed by atoms with E-state index in [1.54, 1.807) is 0 Å². The van der Waals surface area contributed by atoms with Crippen molar-refractivity contribution in [3.8, 4) is 18.0 Å². The summed E-state index contributed by atoms with van der Waals surface area (Å²) in [5.74, 6) is 4.26. The van der Waals surface area contributed by atoms with Gasteiger partial charge in [-0.15, -0.1) is 15.0 Å². The fraction of sp³-hybridized carbons (Fsp3) is 0.947. The minimum absolute atomic E-state index is 0.312. The molecule has 1 aromatic heterocycles. The van der Waals surface area contributed by atoms with Crippen molar-refractivity contribution in [1.29, 1.82) is 0 Å². The van der Waals surface area contributed by atoms with E-state index in [1.165, 1.54) is 154 Å². The van der Waals surface area contributed by atoms with Crippen molar-refractivity contribution in [3.63, 3.8) is 0 Å². The first-order valence-corrected chi connectivity index (χ1v) is 29.0. The van der Waals surface area contributed by atoms with Crippen LogP contribution >= 0.6 is 0 Å². The first-order chi connectivity index (χ1) is 32.2. The predicted octanol–water partition coefficient (Wildman–Crippen LogP) is 15.2. The molecular formula is C57H114N6O3. The van der Waals surface area contributed by atoms with E-state index in [0.717, 1.165) is 58.9 Å². The molecule has 0 aliphatic rings. The maximum absolute atomic E-state index is 6.50. The molecule has 390 valence electrons. The van der Waals surface area contributed by atoms with Gasteiger partial charge in [0.15, 0.2) is 0 Å². The highest BCUT2D eigenvalue weighted by atomic mass is 16.5. The maximum atomic E-state index is 6.50. The summed E-state index contributed by atoms with van der Waals surface area (Å²) < 4.78 is 19.5. The summed E-state index contributed by atoms with van der Waals surface area (Å²) in [6.07, 6.45) is 30.4. The normalized spacial score (nSPS) is 14.8. The van der Waals surface area contributed by atoms with Crippen LogP contribution in [0.25, 0.3) is 0 Å². The first-order valence-electron chi connectivity index (χ1n) is 29.0. The fourth-order valence-corrected chi connectivity index (χ4v) is 9.78. The number of ether oxygens (including phenoxy) is 3. The highest BCUT2D eigenvalue weighted by molar-refractivity contribution is 5.09. The Hall–Kier alpha value is -1.71. The lowest BCUT2D eigenvalue weighted by Gasteiger charge is -2.30. The summed E-state index contributed by atoms with van der Waals surface area (Å²) >= 11 is 0. The zero-order chi connectivity index (χ0) is 48.6. The highest BCUT2D eigenvalue weighted by Gasteiger charge is 2.22. The van der Waals surface area contributed by atoms with Gasteiger partial charge in [-0.2, -0.15) is 0 Å². The molecule has 0 fully saturated rings. The number of aromatic nitrogens is 3. The Labute approximate surface area is 411 Å². The number of unbranched alkanes of at least 4 members (excludes halogenated alkanes) is 6. The molecule has 9 heteroatoms. The molecule has 9 nitrogen and oxygen atoms in total. The van der Waals surface area contributed by atoms with Crippen LogP contribution < -0.4 is 14.2 Å². The average molecular weight is 932 g/mol. The number of nitrogens with zero attached hydrogens (tertiary/aromatic N) is 6. The maximum Gasteiger partial charge on any atom is 0.325 e. The lowest BCUT2D eigenvalue weighted by molar-refractivity contribution is 0.135. The van der Waals surface area contributed by atoms with Crippen molar-refractivity contribution in [3.05, 3.63) is 0 Å². The van der Waals surface area contributed by atoms with Crippen LogP contribution in [0.15, 0.2) is 0 Å². The quantitative estimate of drug-likeness (QED) is 0.0635. The van der Waals surface area contributed by atoms with Gasteiger partial charge in [0, 0.05) is 58.9 Å². The van der Waals surface area contributed by atoms with Crippen LogP contribution in [0.3, 0.4) is 0 Å². The SMILES string of the molecule is CCCCC(CC)CN(CCOc1nc(OCCN(CC(CC)CCCC)CC(CC)CCCC)nc(OCCN(CC(CC)CCCC)CC(CC)CCCC)n1)CC(CC)CCCC. The molecule has 1 rings (SSSR count). The van der Waals surface area contributed by atoms with Crippen molar-refractivity contribution in [2.45, 2.75) is 237 Å². The van der Waals surface area contributed by atoms with Gasteiger partial charge in [-0.3, -0.25) is 14.7 Å². The summed E-state index contributed by atoms with van der Waals surface area (Å²) in [4.78, 5) is 22.4. The Morgan fingerprint density at radius 1 is 0.303 bits per heavy atom. The molecular weight excluding hydrogens is 817 g/mol. The van der Waals surface area contributed by atoms with E-state index in [1.807, 2.05) is 0 Å². The molecule has 6 atom stereocenters. The second-order valence-electron chi connectivity index (χ2n) is 20.5. The number of hydrogen-bond acceptors (Lipinski definition) is 9. The van der Waals surface area contributed by atoms with E-state index in [0.29, 0.717) is 73.4 Å². The minimum Gasteiger partial charge on any atom is -0.462 e. The molecule has 0 spiro atoms. The van der Waals surface area contributed by atoms with E-state index < -0.39 is 0 Å². The van der Waals surface area contributed by atoms with Crippen molar-refractivity contribution in [2.24, 2.45) is 35.5 Å². The van der Waals surface area contributed by atoms with Crippen LogP contribution in [0.2, 0.25) is 0 Å². The predicted molar refractivity (Wildman–Crippen MR) is 285 cm³/mol. The summed E-state index contributed by atoms with van der Waals surface area (Å²) in [6.45, 7) is 38.9.